The maximum absolute atomic E-state index is 9.75. The molecule has 6 heteroatoms. The number of hydrogen-bond acceptors (Lipinski definition) is 0. The van der Waals surface area contributed by atoms with Gasteiger partial charge in [0.2, 0.25) is 0 Å². The fourth-order valence-electron chi connectivity index (χ4n) is 1.75. The van der Waals surface area contributed by atoms with Gasteiger partial charge < -0.3 is 17.3 Å². The van der Waals surface area contributed by atoms with Gasteiger partial charge in [-0.2, -0.15) is 0 Å². The van der Waals surface area contributed by atoms with Gasteiger partial charge in [-0.1, -0.05) is 24.3 Å². The third kappa shape index (κ3) is 21.7. The first-order valence-electron chi connectivity index (χ1n) is 7.53. The zero-order chi connectivity index (χ0) is 16.7. The molecule has 0 aromatic carbocycles. The van der Waals surface area contributed by atoms with Crippen LogP contribution in [0.1, 0.15) is 44.9 Å². The molecule has 0 amide bonds. The number of allylic oxidation sites excluding steroid dienone is 8. The molecule has 2 aliphatic rings. The van der Waals surface area contributed by atoms with Gasteiger partial charge in [0.1, 0.15) is 0 Å². The van der Waals surface area contributed by atoms with Crippen molar-refractivity contribution < 1.29 is 35.6 Å². The molecular formula is C16H23BF4Rh. The molecular weight excluding hydrogens is 382 g/mol. The van der Waals surface area contributed by atoms with E-state index in [1.54, 1.807) is 0 Å². The number of rotatable bonds is 0. The van der Waals surface area contributed by atoms with Gasteiger partial charge in [0.25, 0.3) is 0 Å². The van der Waals surface area contributed by atoms with E-state index in [1.807, 2.05) is 0 Å². The summed E-state index contributed by atoms with van der Waals surface area (Å²) in [6.45, 7) is 0. The van der Waals surface area contributed by atoms with Crippen molar-refractivity contribution in [1.29, 1.82) is 0 Å². The molecule has 0 radical (unpaired) electrons. The minimum atomic E-state index is -6.00. The number of hydrogen-bond donors (Lipinski definition) is 0. The summed E-state index contributed by atoms with van der Waals surface area (Å²) in [4.78, 5) is 0. The fourth-order valence-corrected chi connectivity index (χ4v) is 2.26. The van der Waals surface area contributed by atoms with Gasteiger partial charge >= 0.3 is 73.6 Å². The molecule has 1 atom stereocenters. The van der Waals surface area contributed by atoms with Crippen LogP contribution in [0.25, 0.3) is 0 Å². The summed E-state index contributed by atoms with van der Waals surface area (Å²) >= 11 is 3.02. The van der Waals surface area contributed by atoms with Crippen molar-refractivity contribution in [1.82, 2.24) is 0 Å². The molecule has 0 aromatic rings. The van der Waals surface area contributed by atoms with Gasteiger partial charge in [-0.05, 0) is 25.7 Å². The monoisotopic (exact) mass is 405 g/mol. The Morgan fingerprint density at radius 3 is 1.64 bits per heavy atom. The molecule has 1 unspecified atom stereocenters. The summed E-state index contributed by atoms with van der Waals surface area (Å²) in [5.41, 5.74) is 0. The Kier molecular flexibility index (Phi) is 13.6. The van der Waals surface area contributed by atoms with Crippen LogP contribution in [0.5, 0.6) is 0 Å². The van der Waals surface area contributed by atoms with Crippen LogP contribution in [0.4, 0.5) is 17.3 Å². The van der Waals surface area contributed by atoms with Gasteiger partial charge in [0, 0.05) is 0 Å². The molecule has 22 heavy (non-hydrogen) atoms. The Hall–Kier alpha value is -0.632. The predicted octanol–water partition coefficient (Wildman–Crippen LogP) is 6.59. The molecule has 0 aliphatic heterocycles. The van der Waals surface area contributed by atoms with Crippen LogP contribution in [0, 0.1) is 0 Å². The van der Waals surface area contributed by atoms with Crippen molar-refractivity contribution in [2.75, 3.05) is 0 Å². The zero-order valence-electron chi connectivity index (χ0n) is 12.6. The van der Waals surface area contributed by atoms with Crippen molar-refractivity contribution in [3.05, 3.63) is 48.6 Å². The van der Waals surface area contributed by atoms with E-state index in [0.29, 0.717) is 4.51 Å². The second-order valence-corrected chi connectivity index (χ2v) is 6.08. The predicted molar refractivity (Wildman–Crippen MR) is 82.8 cm³/mol. The second-order valence-electron chi connectivity index (χ2n) is 4.86. The first-order chi connectivity index (χ1) is 10.4. The Labute approximate surface area is 141 Å². The molecule has 2 aliphatic carbocycles. The van der Waals surface area contributed by atoms with Crippen LogP contribution < -0.4 is 0 Å². The van der Waals surface area contributed by atoms with Crippen molar-refractivity contribution in [3.8, 4) is 0 Å². The van der Waals surface area contributed by atoms with Crippen molar-refractivity contribution in [2.45, 2.75) is 49.5 Å². The molecule has 0 heterocycles. The molecule has 2 rings (SSSR count). The van der Waals surface area contributed by atoms with Crippen molar-refractivity contribution in [2.24, 2.45) is 0 Å². The molecule has 0 fully saturated rings. The SMILES string of the molecule is C1=C\CCCC\C=C/1.F[B-](F)(F)F.[Rh+][CH]1/C=C\C=C/CCC1. The molecule has 0 saturated heterocycles. The summed E-state index contributed by atoms with van der Waals surface area (Å²) in [5, 5.41) is 0. The van der Waals surface area contributed by atoms with Crippen LogP contribution in [0.2, 0.25) is 4.51 Å². The molecule has 127 valence electrons. The summed E-state index contributed by atoms with van der Waals surface area (Å²) in [6.07, 6.45) is 26.6. The third-order valence-electron chi connectivity index (χ3n) is 2.77. The quantitative estimate of drug-likeness (QED) is 0.315. The summed E-state index contributed by atoms with van der Waals surface area (Å²) in [6, 6.07) is 0. The number of halogens is 4. The molecule has 0 N–H and O–H groups in total. The van der Waals surface area contributed by atoms with E-state index in [0.717, 1.165) is 0 Å². The van der Waals surface area contributed by atoms with Crippen LogP contribution in [0.3, 0.4) is 0 Å². The van der Waals surface area contributed by atoms with Crippen molar-refractivity contribution >= 4 is 7.25 Å². The van der Waals surface area contributed by atoms with E-state index >= 15 is 0 Å². The standard InChI is InChI=1S/C8H12.C8H11.BF4.Rh/c2*1-2-4-6-8-7-5-3-1;2-1(3,4)5;/h1-4H,5-8H2;1-5H,6-8H2;;/q;;-1;+1/b3-1-,4-2-;2-1-,5-3-;;. The van der Waals surface area contributed by atoms with E-state index in [4.69, 9.17) is 0 Å². The summed E-state index contributed by atoms with van der Waals surface area (Å²) < 4.78 is 39.7. The topological polar surface area (TPSA) is 0 Å². The zero-order valence-corrected chi connectivity index (χ0v) is 14.2. The van der Waals surface area contributed by atoms with Crippen molar-refractivity contribution in [3.63, 3.8) is 0 Å². The van der Waals surface area contributed by atoms with E-state index < -0.39 is 7.25 Å². The van der Waals surface area contributed by atoms with E-state index in [2.05, 4.69) is 66.9 Å². The average Bonchev–Trinajstić information content (AvgIpc) is 2.31. The van der Waals surface area contributed by atoms with Crippen LogP contribution in [-0.2, 0) is 18.3 Å². The maximum atomic E-state index is 9.75. The average molecular weight is 405 g/mol. The minimum absolute atomic E-state index is 0.677. The Bertz CT molecular complexity index is 353. The first-order valence-corrected chi connectivity index (χ1v) is 8.48. The van der Waals surface area contributed by atoms with E-state index in [9.17, 15) is 17.3 Å². The summed E-state index contributed by atoms with van der Waals surface area (Å²) in [5.74, 6) is 0. The molecule has 0 nitrogen and oxygen atoms in total. The fraction of sp³-hybridized carbons (Fsp3) is 0.500. The van der Waals surface area contributed by atoms with Gasteiger partial charge in [-0.15, -0.1) is 0 Å². The Balaban J connectivity index is 0.000000315. The molecule has 0 aromatic heterocycles. The van der Waals surface area contributed by atoms with Gasteiger partial charge in [-0.25, -0.2) is 0 Å². The van der Waals surface area contributed by atoms with Crippen LogP contribution in [-0.4, -0.2) is 7.25 Å². The van der Waals surface area contributed by atoms with Crippen LogP contribution in [0.15, 0.2) is 48.6 Å². The molecule has 0 bridgehead atoms. The third-order valence-corrected chi connectivity index (χ3v) is 3.56. The van der Waals surface area contributed by atoms with Crippen LogP contribution >= 0.6 is 0 Å². The normalized spacial score (nSPS) is 27.0. The van der Waals surface area contributed by atoms with Gasteiger partial charge in [-0.3, -0.25) is 0 Å². The Morgan fingerprint density at radius 2 is 1.14 bits per heavy atom. The van der Waals surface area contributed by atoms with E-state index in [1.165, 1.54) is 44.9 Å². The van der Waals surface area contributed by atoms with Gasteiger partial charge in [0.05, 0.1) is 0 Å². The van der Waals surface area contributed by atoms with E-state index in [-0.39, 0.29) is 0 Å². The molecule has 0 saturated carbocycles. The van der Waals surface area contributed by atoms with Gasteiger partial charge in [0.15, 0.2) is 0 Å². The molecule has 0 spiro atoms. The second kappa shape index (κ2) is 14.0. The summed E-state index contributed by atoms with van der Waals surface area (Å²) in [7, 11) is -6.00. The first kappa shape index (κ1) is 21.4. The Morgan fingerprint density at radius 1 is 0.727 bits per heavy atom.